The summed E-state index contributed by atoms with van der Waals surface area (Å²) >= 11 is 0. The van der Waals surface area contributed by atoms with E-state index in [0.717, 1.165) is 24.1 Å². The predicted octanol–water partition coefficient (Wildman–Crippen LogP) is 5.22. The van der Waals surface area contributed by atoms with Crippen molar-refractivity contribution in [3.8, 4) is 0 Å². The third kappa shape index (κ3) is 9.01. The molecule has 1 aromatic carbocycles. The maximum absolute atomic E-state index is 14.2. The summed E-state index contributed by atoms with van der Waals surface area (Å²) in [7, 11) is 6.87. The van der Waals surface area contributed by atoms with E-state index in [1.165, 1.54) is 0 Å². The van der Waals surface area contributed by atoms with Gasteiger partial charge >= 0.3 is 0 Å². The van der Waals surface area contributed by atoms with Crippen LogP contribution in [-0.4, -0.2) is 76.1 Å². The lowest BCUT2D eigenvalue weighted by Crippen LogP contribution is -2.60. The van der Waals surface area contributed by atoms with Gasteiger partial charge in [-0.15, -0.1) is 0 Å². The second-order valence-electron chi connectivity index (χ2n) is 14.5. The van der Waals surface area contributed by atoms with Crippen LogP contribution in [0.1, 0.15) is 73.8 Å². The Labute approximate surface area is 266 Å². The summed E-state index contributed by atoms with van der Waals surface area (Å²) in [5, 5.41) is 6.30. The highest BCUT2D eigenvalue weighted by atomic mass is 16.5. The summed E-state index contributed by atoms with van der Waals surface area (Å²) in [6.07, 6.45) is 3.81. The molecule has 1 saturated carbocycles. The van der Waals surface area contributed by atoms with Crippen molar-refractivity contribution in [3.63, 3.8) is 0 Å². The minimum Gasteiger partial charge on any atom is -0.384 e. The number of ether oxygens (including phenoxy) is 2. The quantitative estimate of drug-likeness (QED) is 0.282. The van der Waals surface area contributed by atoms with E-state index < -0.39 is 28.8 Å². The van der Waals surface area contributed by atoms with E-state index in [4.69, 9.17) is 9.47 Å². The molecule has 0 saturated heterocycles. The summed E-state index contributed by atoms with van der Waals surface area (Å²) in [5.41, 5.74) is 0.692. The van der Waals surface area contributed by atoms with Gasteiger partial charge in [0.2, 0.25) is 11.8 Å². The van der Waals surface area contributed by atoms with Crippen LogP contribution in [0, 0.1) is 35.0 Å². The molecule has 0 radical (unpaired) electrons. The zero-order chi connectivity index (χ0) is 33.4. The summed E-state index contributed by atoms with van der Waals surface area (Å²) in [4.78, 5) is 43.6. The van der Waals surface area contributed by atoms with Crippen molar-refractivity contribution in [1.29, 1.82) is 0 Å². The van der Waals surface area contributed by atoms with E-state index in [1.807, 2.05) is 91.8 Å². The van der Waals surface area contributed by atoms with Crippen LogP contribution in [0.5, 0.6) is 0 Å². The van der Waals surface area contributed by atoms with Gasteiger partial charge in [0.05, 0.1) is 6.04 Å². The molecule has 1 fully saturated rings. The van der Waals surface area contributed by atoms with Crippen molar-refractivity contribution in [1.82, 2.24) is 15.5 Å². The maximum Gasteiger partial charge on any atom is 0.249 e. The molecule has 0 spiro atoms. The zero-order valence-electron chi connectivity index (χ0n) is 29.3. The Kier molecular flexibility index (Phi) is 13.8. The Morgan fingerprint density at radius 1 is 0.932 bits per heavy atom. The van der Waals surface area contributed by atoms with Gasteiger partial charge in [0.25, 0.3) is 0 Å². The first kappa shape index (κ1) is 37.6. The Morgan fingerprint density at radius 2 is 1.45 bits per heavy atom. The first-order valence-corrected chi connectivity index (χ1v) is 16.1. The van der Waals surface area contributed by atoms with Gasteiger partial charge in [-0.25, -0.2) is 0 Å². The van der Waals surface area contributed by atoms with Gasteiger partial charge in [-0.2, -0.15) is 0 Å². The lowest BCUT2D eigenvalue weighted by Gasteiger charge is -2.39. The number of likely N-dealkylation sites (N-methyl/N-ethyl adjacent to an activating group) is 2. The van der Waals surface area contributed by atoms with Crippen molar-refractivity contribution in [2.24, 2.45) is 35.0 Å². The van der Waals surface area contributed by atoms with Crippen molar-refractivity contribution in [3.05, 3.63) is 47.7 Å². The molecule has 0 aromatic heterocycles. The highest BCUT2D eigenvalue weighted by Gasteiger charge is 2.43. The fourth-order valence-corrected chi connectivity index (χ4v) is 6.82. The molecule has 2 N–H and O–H groups in total. The van der Waals surface area contributed by atoms with E-state index in [1.54, 1.807) is 33.2 Å². The van der Waals surface area contributed by atoms with Crippen molar-refractivity contribution in [2.75, 3.05) is 41.5 Å². The molecule has 0 aliphatic heterocycles. The molecule has 1 aromatic rings. The second-order valence-corrected chi connectivity index (χ2v) is 14.5. The van der Waals surface area contributed by atoms with E-state index in [9.17, 15) is 14.4 Å². The number of allylic oxidation sites excluding steroid dienone is 2. The molecule has 1 aliphatic carbocycles. The third-order valence-corrected chi connectivity index (χ3v) is 9.38. The molecule has 248 valence electrons. The molecule has 8 nitrogen and oxygen atoms in total. The minimum atomic E-state index is -0.789. The van der Waals surface area contributed by atoms with Gasteiger partial charge in [0, 0.05) is 57.4 Å². The van der Waals surface area contributed by atoms with E-state index >= 15 is 0 Å². The predicted molar refractivity (Wildman–Crippen MR) is 177 cm³/mol. The maximum atomic E-state index is 14.2. The first-order chi connectivity index (χ1) is 20.5. The van der Waals surface area contributed by atoms with Gasteiger partial charge in [0.1, 0.15) is 11.8 Å². The number of nitrogens with one attached hydrogen (secondary N) is 2. The number of nitrogens with zero attached hydrogens (tertiary/aromatic N) is 1. The Bertz CT molecular complexity index is 1110. The molecule has 1 aliphatic rings. The molecular formula is C36H59N3O5. The average Bonchev–Trinajstić information content (AvgIpc) is 3.35. The largest absolute Gasteiger partial charge is 0.384 e. The summed E-state index contributed by atoms with van der Waals surface area (Å²) in [6, 6.07) is 8.55. The standard InChI is InChI=1S/C36H59N3O5/c1-23(2)28(20-24(3)30(40)29-25(21-43-11)18-19-26(29)22-44-12)39(10)34(42)32(35(4,5)6)38-33(41)31(37-9)36(7,8)27-16-14-13-15-17-27/h13-17,20,23-26,29,31-32,37H,18-19,21-22H2,1-12H3,(H,38,41)/t24?,25-,26-,31+,32+/m0/s1. The number of methoxy groups -OCH3 is 2. The van der Waals surface area contributed by atoms with Gasteiger partial charge < -0.3 is 25.0 Å². The fraction of sp³-hybridized carbons (Fsp3) is 0.694. The molecular weight excluding hydrogens is 554 g/mol. The number of hydrogen-bond acceptors (Lipinski definition) is 6. The molecule has 5 atom stereocenters. The highest BCUT2D eigenvalue weighted by Crippen LogP contribution is 2.40. The first-order valence-electron chi connectivity index (χ1n) is 16.1. The molecule has 2 amide bonds. The van der Waals surface area contributed by atoms with Crippen LogP contribution in [0.3, 0.4) is 0 Å². The number of carbonyl (C=O) groups is 3. The fourth-order valence-electron chi connectivity index (χ4n) is 6.82. The normalized spacial score (nSPS) is 20.3. The molecule has 1 unspecified atom stereocenters. The Hall–Kier alpha value is -2.55. The number of benzene rings is 1. The Morgan fingerprint density at radius 3 is 1.89 bits per heavy atom. The summed E-state index contributed by atoms with van der Waals surface area (Å²) < 4.78 is 10.9. The van der Waals surface area contributed by atoms with Gasteiger partial charge in [-0.05, 0) is 48.6 Å². The van der Waals surface area contributed by atoms with Crippen LogP contribution in [0.2, 0.25) is 0 Å². The molecule has 44 heavy (non-hydrogen) atoms. The van der Waals surface area contributed by atoms with Crippen LogP contribution in [0.4, 0.5) is 0 Å². The van der Waals surface area contributed by atoms with Crippen LogP contribution >= 0.6 is 0 Å². The van der Waals surface area contributed by atoms with Crippen LogP contribution < -0.4 is 10.6 Å². The number of hydrogen-bond donors (Lipinski definition) is 2. The van der Waals surface area contributed by atoms with Gasteiger partial charge in [-0.1, -0.05) is 91.8 Å². The van der Waals surface area contributed by atoms with Crippen molar-refractivity contribution < 1.29 is 23.9 Å². The number of carbonyl (C=O) groups excluding carboxylic acids is 3. The van der Waals surface area contributed by atoms with E-state index in [0.29, 0.717) is 13.2 Å². The molecule has 0 heterocycles. The number of Topliss-reactive ketones (excluding diaryl/α,β-unsaturated/α-hetero) is 1. The zero-order valence-corrected chi connectivity index (χ0v) is 29.3. The minimum absolute atomic E-state index is 0.0225. The molecule has 0 bridgehead atoms. The average molecular weight is 614 g/mol. The van der Waals surface area contributed by atoms with E-state index in [2.05, 4.69) is 10.6 Å². The third-order valence-electron chi connectivity index (χ3n) is 9.38. The number of amides is 2. The molecule has 8 heteroatoms. The molecule has 2 rings (SSSR count). The van der Waals surface area contributed by atoms with Gasteiger partial charge in [-0.3, -0.25) is 14.4 Å². The van der Waals surface area contributed by atoms with Crippen molar-refractivity contribution in [2.45, 2.75) is 85.7 Å². The van der Waals surface area contributed by atoms with Crippen LogP contribution in [0.15, 0.2) is 42.1 Å². The summed E-state index contributed by atoms with van der Waals surface area (Å²) in [6.45, 7) is 17.0. The summed E-state index contributed by atoms with van der Waals surface area (Å²) in [5.74, 6) is -0.547. The SMILES string of the molecule is CN[C@H](C(=O)N[C@H](C(=O)N(C)C(=CC(C)C(=O)C1[C@H](COC)CC[C@H]1COC)C(C)C)C(C)(C)C)C(C)(C)c1ccccc1. The highest BCUT2D eigenvalue weighted by molar-refractivity contribution is 5.92. The second kappa shape index (κ2) is 16.1. The lowest BCUT2D eigenvalue weighted by atomic mass is 9.76. The van der Waals surface area contributed by atoms with Crippen LogP contribution in [-0.2, 0) is 29.3 Å². The number of rotatable bonds is 15. The van der Waals surface area contributed by atoms with Gasteiger partial charge in [0.15, 0.2) is 0 Å². The number of ketones is 1. The monoisotopic (exact) mass is 613 g/mol. The smallest absolute Gasteiger partial charge is 0.249 e. The van der Waals surface area contributed by atoms with Crippen LogP contribution in [0.25, 0.3) is 0 Å². The van der Waals surface area contributed by atoms with E-state index in [-0.39, 0.29) is 41.3 Å². The van der Waals surface area contributed by atoms with Crippen molar-refractivity contribution >= 4 is 17.6 Å². The topological polar surface area (TPSA) is 97.0 Å². The Balaban J connectivity index is 2.36. The lowest BCUT2D eigenvalue weighted by molar-refractivity contribution is -0.138.